The normalized spacial score (nSPS) is 27.1. The molecule has 0 radical (unpaired) electrons. The Morgan fingerprint density at radius 2 is 2.21 bits per heavy atom. The topological polar surface area (TPSA) is 67.8 Å². The van der Waals surface area contributed by atoms with Crippen LogP contribution < -0.4 is 5.32 Å². The summed E-state index contributed by atoms with van der Waals surface area (Å²) < 4.78 is 26.2. The van der Waals surface area contributed by atoms with Gasteiger partial charge in [0, 0.05) is 16.0 Å². The maximum absolute atomic E-state index is 14.5. The van der Waals surface area contributed by atoms with Gasteiger partial charge < -0.3 is 19.9 Å². The Labute approximate surface area is 149 Å². The Hall–Kier alpha value is -1.18. The number of carbonyl (C=O) groups excluding carboxylic acids is 1. The van der Waals surface area contributed by atoms with E-state index in [1.54, 1.807) is 39.8 Å². The number of halogens is 2. The summed E-state index contributed by atoms with van der Waals surface area (Å²) in [5, 5.41) is 12.6. The van der Waals surface area contributed by atoms with Crippen LogP contribution in [0.3, 0.4) is 0 Å². The van der Waals surface area contributed by atoms with Gasteiger partial charge in [0.2, 0.25) is 0 Å². The first-order chi connectivity index (χ1) is 11.1. The first-order valence-corrected chi connectivity index (χ1v) is 8.57. The lowest BCUT2D eigenvalue weighted by atomic mass is 9.78. The molecule has 0 spiro atoms. The van der Waals surface area contributed by atoms with E-state index in [0.29, 0.717) is 4.47 Å². The Balaban J connectivity index is 2.47. The second kappa shape index (κ2) is 6.98. The SMILES string of the molecule is C[C@@H]1OC[C@](NC(=O)OC(C)(C)C)(c2cc(Br)ccc2F)[C@H]1CO. The highest BCUT2D eigenvalue weighted by molar-refractivity contribution is 9.10. The van der Waals surface area contributed by atoms with Crippen LogP contribution in [-0.2, 0) is 15.0 Å². The fourth-order valence-electron chi connectivity index (χ4n) is 2.99. The molecule has 0 unspecified atom stereocenters. The summed E-state index contributed by atoms with van der Waals surface area (Å²) >= 11 is 3.33. The average molecular weight is 404 g/mol. The molecule has 1 heterocycles. The van der Waals surface area contributed by atoms with Gasteiger partial charge in [0.15, 0.2) is 0 Å². The van der Waals surface area contributed by atoms with Crippen LogP contribution in [0.4, 0.5) is 9.18 Å². The van der Waals surface area contributed by atoms with Crippen LogP contribution in [0.25, 0.3) is 0 Å². The first-order valence-electron chi connectivity index (χ1n) is 7.78. The lowest BCUT2D eigenvalue weighted by molar-refractivity contribution is 0.0390. The number of aliphatic hydroxyl groups is 1. The Morgan fingerprint density at radius 3 is 2.79 bits per heavy atom. The van der Waals surface area contributed by atoms with Gasteiger partial charge in [-0.1, -0.05) is 15.9 Å². The van der Waals surface area contributed by atoms with Gasteiger partial charge in [0.25, 0.3) is 0 Å². The molecule has 3 atom stereocenters. The van der Waals surface area contributed by atoms with E-state index in [-0.39, 0.29) is 24.9 Å². The van der Waals surface area contributed by atoms with E-state index in [1.165, 1.54) is 6.07 Å². The maximum Gasteiger partial charge on any atom is 0.408 e. The van der Waals surface area contributed by atoms with Crippen LogP contribution in [0.2, 0.25) is 0 Å². The minimum Gasteiger partial charge on any atom is -0.444 e. The summed E-state index contributed by atoms with van der Waals surface area (Å²) in [6.45, 7) is 6.81. The smallest absolute Gasteiger partial charge is 0.408 e. The highest BCUT2D eigenvalue weighted by Crippen LogP contribution is 2.41. The number of benzene rings is 1. The molecule has 5 nitrogen and oxygen atoms in total. The molecule has 1 amide bonds. The van der Waals surface area contributed by atoms with Crippen molar-refractivity contribution in [3.8, 4) is 0 Å². The quantitative estimate of drug-likeness (QED) is 0.811. The van der Waals surface area contributed by atoms with Gasteiger partial charge in [0.1, 0.15) is 17.0 Å². The minimum absolute atomic E-state index is 0.0476. The fourth-order valence-corrected chi connectivity index (χ4v) is 3.35. The first kappa shape index (κ1) is 19.1. The molecular weight excluding hydrogens is 381 g/mol. The molecule has 1 aliphatic heterocycles. The number of amides is 1. The Morgan fingerprint density at radius 1 is 1.54 bits per heavy atom. The van der Waals surface area contributed by atoms with Gasteiger partial charge in [-0.2, -0.15) is 0 Å². The number of carbonyl (C=O) groups is 1. The van der Waals surface area contributed by atoms with E-state index < -0.39 is 29.0 Å². The van der Waals surface area contributed by atoms with Crippen LogP contribution in [0.1, 0.15) is 33.3 Å². The van der Waals surface area contributed by atoms with Gasteiger partial charge in [-0.3, -0.25) is 0 Å². The zero-order chi connectivity index (χ0) is 18.1. The molecule has 1 aliphatic rings. The standard InChI is InChI=1S/C17H23BrFNO4/c1-10-13(8-21)17(9-23-10,20-15(22)24-16(2,3)4)12-7-11(18)5-6-14(12)19/h5-7,10,13,21H,8-9H2,1-4H3,(H,20,22)/t10-,13-,17-/m0/s1. The van der Waals surface area contributed by atoms with E-state index in [0.717, 1.165) is 0 Å². The summed E-state index contributed by atoms with van der Waals surface area (Å²) in [5.74, 6) is -0.987. The van der Waals surface area contributed by atoms with Crippen LogP contribution >= 0.6 is 15.9 Å². The number of aliphatic hydroxyl groups excluding tert-OH is 1. The summed E-state index contributed by atoms with van der Waals surface area (Å²) in [6.07, 6.45) is -1.03. The van der Waals surface area contributed by atoms with Crippen LogP contribution in [-0.4, -0.2) is 36.1 Å². The van der Waals surface area contributed by atoms with Crippen LogP contribution in [0, 0.1) is 11.7 Å². The van der Waals surface area contributed by atoms with Crippen molar-refractivity contribution >= 4 is 22.0 Å². The Bertz CT molecular complexity index is 619. The van der Waals surface area contributed by atoms with E-state index in [1.807, 2.05) is 0 Å². The fraction of sp³-hybridized carbons (Fsp3) is 0.588. The zero-order valence-corrected chi connectivity index (χ0v) is 15.8. The van der Waals surface area contributed by atoms with Crippen LogP contribution in [0.15, 0.2) is 22.7 Å². The number of nitrogens with one attached hydrogen (secondary N) is 1. The van der Waals surface area contributed by atoms with Crippen molar-refractivity contribution in [3.05, 3.63) is 34.1 Å². The molecule has 0 saturated carbocycles. The second-order valence-corrected chi connectivity index (χ2v) is 7.94. The van der Waals surface area contributed by atoms with Gasteiger partial charge >= 0.3 is 6.09 Å². The predicted molar refractivity (Wildman–Crippen MR) is 91.1 cm³/mol. The molecular formula is C17H23BrFNO4. The largest absolute Gasteiger partial charge is 0.444 e. The molecule has 24 heavy (non-hydrogen) atoms. The molecule has 0 bridgehead atoms. The summed E-state index contributed by atoms with van der Waals surface area (Å²) in [7, 11) is 0. The third-order valence-corrected chi connectivity index (χ3v) is 4.60. The lowest BCUT2D eigenvalue weighted by Gasteiger charge is -2.36. The summed E-state index contributed by atoms with van der Waals surface area (Å²) in [6, 6.07) is 4.49. The van der Waals surface area contributed by atoms with Crippen LogP contribution in [0.5, 0.6) is 0 Å². The Kier molecular flexibility index (Phi) is 5.57. The highest BCUT2D eigenvalue weighted by atomic mass is 79.9. The van der Waals surface area contributed by atoms with Crippen molar-refractivity contribution in [3.63, 3.8) is 0 Å². The highest BCUT2D eigenvalue weighted by Gasteiger charge is 2.52. The average Bonchev–Trinajstić information content (AvgIpc) is 2.76. The van der Waals surface area contributed by atoms with Crippen molar-refractivity contribution in [2.45, 2.75) is 44.9 Å². The molecule has 1 fully saturated rings. The van der Waals surface area contributed by atoms with Gasteiger partial charge in [-0.05, 0) is 45.9 Å². The van der Waals surface area contributed by atoms with Crippen molar-refractivity contribution in [2.24, 2.45) is 5.92 Å². The number of hydrogen-bond donors (Lipinski definition) is 2. The van der Waals surface area contributed by atoms with E-state index in [9.17, 15) is 14.3 Å². The van der Waals surface area contributed by atoms with E-state index in [2.05, 4.69) is 21.2 Å². The summed E-state index contributed by atoms with van der Waals surface area (Å²) in [5.41, 5.74) is -1.64. The van der Waals surface area contributed by atoms with Gasteiger partial charge in [-0.25, -0.2) is 9.18 Å². The predicted octanol–water partition coefficient (Wildman–Crippen LogP) is 3.34. The molecule has 2 N–H and O–H groups in total. The number of rotatable bonds is 3. The molecule has 1 aromatic rings. The van der Waals surface area contributed by atoms with E-state index in [4.69, 9.17) is 9.47 Å². The third kappa shape index (κ3) is 3.90. The number of ether oxygens (including phenoxy) is 2. The van der Waals surface area contributed by atoms with Crippen molar-refractivity contribution in [1.29, 1.82) is 0 Å². The minimum atomic E-state index is -1.20. The maximum atomic E-state index is 14.5. The molecule has 134 valence electrons. The molecule has 1 saturated heterocycles. The van der Waals surface area contributed by atoms with Crippen molar-refractivity contribution < 1.29 is 23.8 Å². The number of alkyl carbamates (subject to hydrolysis) is 1. The molecule has 0 aliphatic carbocycles. The molecule has 7 heteroatoms. The van der Waals surface area contributed by atoms with Crippen molar-refractivity contribution in [1.82, 2.24) is 5.32 Å². The monoisotopic (exact) mass is 403 g/mol. The van der Waals surface area contributed by atoms with Gasteiger partial charge in [0.05, 0.1) is 19.3 Å². The van der Waals surface area contributed by atoms with E-state index >= 15 is 0 Å². The van der Waals surface area contributed by atoms with Gasteiger partial charge in [-0.15, -0.1) is 0 Å². The molecule has 2 rings (SSSR count). The summed E-state index contributed by atoms with van der Waals surface area (Å²) in [4.78, 5) is 12.4. The second-order valence-electron chi connectivity index (χ2n) is 7.03. The molecule has 1 aromatic carbocycles. The number of hydrogen-bond acceptors (Lipinski definition) is 4. The van der Waals surface area contributed by atoms with Crippen molar-refractivity contribution in [2.75, 3.05) is 13.2 Å². The third-order valence-electron chi connectivity index (χ3n) is 4.10. The molecule has 0 aromatic heterocycles. The zero-order valence-electron chi connectivity index (χ0n) is 14.2. The lowest BCUT2D eigenvalue weighted by Crippen LogP contribution is -2.54.